The number of ether oxygens (including phenoxy) is 2. The molecule has 3 aliphatic heterocycles. The fraction of sp³-hybridized carbons (Fsp3) is 0.296. The van der Waals surface area contributed by atoms with Gasteiger partial charge in [0.2, 0.25) is 0 Å². The van der Waals surface area contributed by atoms with Gasteiger partial charge >= 0.3 is 0 Å². The van der Waals surface area contributed by atoms with Crippen molar-refractivity contribution < 1.29 is 20.0 Å². The second kappa shape index (κ2) is 5.99. The molecule has 0 radical (unpaired) electrons. The van der Waals surface area contributed by atoms with Gasteiger partial charge in [0.05, 0.1) is 27.6 Å². The summed E-state index contributed by atoms with van der Waals surface area (Å²) in [5.41, 5.74) is 9.99. The molecule has 5 aromatic rings. The van der Waals surface area contributed by atoms with Gasteiger partial charge in [-0.05, 0) is 24.6 Å². The maximum Gasteiger partial charge on any atom is 0.252 e. The van der Waals surface area contributed by atoms with Crippen LogP contribution >= 0.6 is 0 Å². The molecule has 1 fully saturated rings. The highest BCUT2D eigenvalue weighted by atomic mass is 16.6. The molecule has 0 unspecified atom stereocenters. The number of hydrogen-bond acceptors (Lipinski definition) is 3. The number of nitrogens with zero attached hydrogens (tertiary/aromatic N) is 2. The van der Waals surface area contributed by atoms with Gasteiger partial charge in [0.25, 0.3) is 5.91 Å². The van der Waals surface area contributed by atoms with Crippen LogP contribution in [0.25, 0.3) is 43.6 Å². The molecule has 4 N–H and O–H groups in total. The van der Waals surface area contributed by atoms with Crippen molar-refractivity contribution >= 4 is 49.5 Å². The lowest BCUT2D eigenvalue weighted by atomic mass is 9.93. The van der Waals surface area contributed by atoms with E-state index in [4.69, 9.17) is 9.47 Å². The van der Waals surface area contributed by atoms with Crippen molar-refractivity contribution in [2.45, 2.75) is 44.0 Å². The summed E-state index contributed by atoms with van der Waals surface area (Å²) < 4.78 is 17.8. The first-order chi connectivity index (χ1) is 16.5. The summed E-state index contributed by atoms with van der Waals surface area (Å²) in [5.74, 6) is 0.000728. The molecule has 3 aliphatic rings. The number of methoxy groups -OCH3 is 1. The molecule has 4 atom stereocenters. The maximum atomic E-state index is 13.3. The summed E-state index contributed by atoms with van der Waals surface area (Å²) in [7, 11) is 1.75. The highest BCUT2D eigenvalue weighted by molar-refractivity contribution is 6.31. The summed E-state index contributed by atoms with van der Waals surface area (Å²) in [6.45, 7) is 2.66. The number of fused-ring (bicyclic) bond motifs is 13. The zero-order valence-electron chi connectivity index (χ0n) is 19.1. The Hall–Kier alpha value is -3.39. The second-order valence-electron chi connectivity index (χ2n) is 10.0. The molecule has 7 nitrogen and oxygen atoms in total. The number of nitrogens with one attached hydrogen (secondary N) is 1. The number of para-hydroxylation sites is 2. The number of carbonyl (C=O) groups is 1. The van der Waals surface area contributed by atoms with Crippen molar-refractivity contribution in [2.75, 3.05) is 7.11 Å². The van der Waals surface area contributed by atoms with Crippen LogP contribution in [0.5, 0.6) is 0 Å². The van der Waals surface area contributed by atoms with Crippen LogP contribution in [0.15, 0.2) is 48.5 Å². The van der Waals surface area contributed by atoms with Crippen molar-refractivity contribution in [3.8, 4) is 0 Å². The summed E-state index contributed by atoms with van der Waals surface area (Å²) >= 11 is 0. The fourth-order valence-corrected chi connectivity index (χ4v) is 7.20. The minimum atomic E-state index is -0.761. The van der Waals surface area contributed by atoms with E-state index < -0.39 is 5.72 Å². The van der Waals surface area contributed by atoms with Crippen molar-refractivity contribution in [2.24, 2.45) is 0 Å². The predicted octanol–water partition coefficient (Wildman–Crippen LogP) is 3.38. The first-order valence-electron chi connectivity index (χ1n) is 11.9. The van der Waals surface area contributed by atoms with E-state index in [0.717, 1.165) is 61.2 Å². The van der Waals surface area contributed by atoms with E-state index in [1.165, 1.54) is 0 Å². The van der Waals surface area contributed by atoms with Crippen molar-refractivity contribution in [3.05, 3.63) is 59.7 Å². The third kappa shape index (κ3) is 1.92. The van der Waals surface area contributed by atoms with Gasteiger partial charge in [-0.25, -0.2) is 0 Å². The number of benzene rings is 3. The molecule has 34 heavy (non-hydrogen) atoms. The molecule has 2 bridgehead atoms. The Labute approximate surface area is 195 Å². The van der Waals surface area contributed by atoms with E-state index in [2.05, 4.69) is 69.6 Å². The Morgan fingerprint density at radius 1 is 1.06 bits per heavy atom. The molecular formula is C27H25N4O3+. The van der Waals surface area contributed by atoms with Gasteiger partial charge in [-0.2, -0.15) is 0 Å². The molecule has 1 amide bonds. The van der Waals surface area contributed by atoms with Crippen molar-refractivity contribution in [3.63, 3.8) is 0 Å². The zero-order valence-corrected chi connectivity index (χ0v) is 19.1. The van der Waals surface area contributed by atoms with E-state index in [0.29, 0.717) is 6.54 Å². The quantitative estimate of drug-likeness (QED) is 0.408. The Bertz CT molecular complexity index is 1730. The average Bonchev–Trinajstić information content (AvgIpc) is 3.46. The minimum Gasteiger partial charge on any atom is -0.370 e. The second-order valence-corrected chi connectivity index (χ2v) is 10.0. The lowest BCUT2D eigenvalue weighted by Gasteiger charge is -2.45. The number of aromatic nitrogens is 2. The monoisotopic (exact) mass is 453 g/mol. The Morgan fingerprint density at radius 2 is 1.76 bits per heavy atom. The van der Waals surface area contributed by atoms with Crippen LogP contribution in [0.2, 0.25) is 0 Å². The summed E-state index contributed by atoms with van der Waals surface area (Å²) in [4.78, 5) is 13.3. The summed E-state index contributed by atoms with van der Waals surface area (Å²) in [6, 6.07) is 16.9. The molecule has 3 aromatic carbocycles. The van der Waals surface area contributed by atoms with Crippen LogP contribution < -0.4 is 11.1 Å². The number of amides is 1. The van der Waals surface area contributed by atoms with Gasteiger partial charge in [0.1, 0.15) is 12.3 Å². The van der Waals surface area contributed by atoms with Gasteiger partial charge < -0.3 is 29.7 Å². The Balaban J connectivity index is 1.75. The fourth-order valence-electron chi connectivity index (χ4n) is 7.20. The van der Waals surface area contributed by atoms with Crippen LogP contribution in [-0.4, -0.2) is 34.3 Å². The first-order valence-corrected chi connectivity index (χ1v) is 11.9. The molecule has 8 rings (SSSR count). The van der Waals surface area contributed by atoms with E-state index in [9.17, 15) is 4.79 Å². The number of quaternary nitrogens is 1. The van der Waals surface area contributed by atoms with E-state index in [1.54, 1.807) is 7.11 Å². The molecule has 1 saturated heterocycles. The van der Waals surface area contributed by atoms with E-state index in [1.807, 2.05) is 6.07 Å². The molecule has 5 heterocycles. The zero-order chi connectivity index (χ0) is 22.9. The molecule has 2 aromatic heterocycles. The third-order valence-corrected chi connectivity index (χ3v) is 8.34. The minimum absolute atomic E-state index is 0.000728. The highest BCUT2D eigenvalue weighted by Crippen LogP contribution is 2.53. The van der Waals surface area contributed by atoms with Crippen molar-refractivity contribution in [1.29, 1.82) is 0 Å². The van der Waals surface area contributed by atoms with E-state index in [-0.39, 0.29) is 24.3 Å². The van der Waals surface area contributed by atoms with Crippen LogP contribution in [-0.2, 0) is 21.7 Å². The molecule has 0 aliphatic carbocycles. The maximum absolute atomic E-state index is 13.3. The smallest absolute Gasteiger partial charge is 0.252 e. The topological polar surface area (TPSA) is 85.1 Å². The van der Waals surface area contributed by atoms with Crippen LogP contribution in [0.3, 0.4) is 0 Å². The van der Waals surface area contributed by atoms with Crippen LogP contribution in [0.4, 0.5) is 0 Å². The van der Waals surface area contributed by atoms with E-state index >= 15 is 0 Å². The van der Waals surface area contributed by atoms with Gasteiger partial charge in [0.15, 0.2) is 11.8 Å². The highest BCUT2D eigenvalue weighted by Gasteiger charge is 2.54. The molecule has 0 spiro atoms. The molecule has 0 saturated carbocycles. The summed E-state index contributed by atoms with van der Waals surface area (Å²) in [6.07, 6.45) is 0.294. The van der Waals surface area contributed by atoms with Gasteiger partial charge in [-0.3, -0.25) is 4.79 Å². The molecular weight excluding hydrogens is 428 g/mol. The SMILES string of the molecule is CO[C@@H]1[C@H]([NH3+])C[C@H]2O[C@]1(C)n1c3ccccc3c3c4c(c5c6ccccc6n2c5c31)C(=O)NC4. The average molecular weight is 454 g/mol. The van der Waals surface area contributed by atoms with Crippen molar-refractivity contribution in [1.82, 2.24) is 14.5 Å². The standard InChI is InChI=1S/C27H24N4O3/c1-27-25(33-2)16(28)11-19(34-27)30-17-9-5-3-7-13(17)21-22-15(12-29-26(22)32)20-14-8-4-6-10-18(14)31(27)24(20)23(21)30/h3-10,16,19,25H,11-12,28H2,1-2H3,(H,29,32)/p+1/t16-,19-,25-,27+/m1/s1. The Kier molecular flexibility index (Phi) is 3.34. The van der Waals surface area contributed by atoms with Crippen LogP contribution in [0.1, 0.15) is 35.5 Å². The predicted molar refractivity (Wildman–Crippen MR) is 129 cm³/mol. The molecule has 7 heteroatoms. The van der Waals surface area contributed by atoms with Gasteiger partial charge in [0, 0.05) is 41.6 Å². The molecule has 170 valence electrons. The number of hydrogen-bond donors (Lipinski definition) is 2. The largest absolute Gasteiger partial charge is 0.370 e. The summed E-state index contributed by atoms with van der Waals surface area (Å²) in [5, 5.41) is 7.49. The lowest BCUT2D eigenvalue weighted by molar-refractivity contribution is -0.476. The Morgan fingerprint density at radius 3 is 2.53 bits per heavy atom. The number of carbonyl (C=O) groups excluding carboxylic acids is 1. The lowest BCUT2D eigenvalue weighted by Crippen LogP contribution is -2.74. The van der Waals surface area contributed by atoms with Crippen LogP contribution in [0, 0.1) is 0 Å². The normalized spacial score (nSPS) is 27.7. The third-order valence-electron chi connectivity index (χ3n) is 8.34. The number of rotatable bonds is 1. The van der Waals surface area contributed by atoms with Gasteiger partial charge in [-0.15, -0.1) is 0 Å². The first kappa shape index (κ1) is 19.0. The van der Waals surface area contributed by atoms with Gasteiger partial charge in [-0.1, -0.05) is 36.4 Å².